The maximum Gasteiger partial charge on any atom is 0.251 e. The van der Waals surface area contributed by atoms with E-state index in [0.29, 0.717) is 30.0 Å². The summed E-state index contributed by atoms with van der Waals surface area (Å²) < 4.78 is 7.32. The van der Waals surface area contributed by atoms with Crippen molar-refractivity contribution in [2.24, 2.45) is 0 Å². The lowest BCUT2D eigenvalue weighted by molar-refractivity contribution is -0.118. The first kappa shape index (κ1) is 17.5. The third-order valence-corrected chi connectivity index (χ3v) is 4.42. The van der Waals surface area contributed by atoms with Gasteiger partial charge in [-0.05, 0) is 38.1 Å². The number of ether oxygens (including phenoxy) is 1. The van der Waals surface area contributed by atoms with Crippen molar-refractivity contribution in [1.29, 1.82) is 5.26 Å². The largest absolute Gasteiger partial charge is 0.492 e. The van der Waals surface area contributed by atoms with Gasteiger partial charge in [0.25, 0.3) is 5.91 Å². The number of nitrogens with zero attached hydrogens (tertiary/aromatic N) is 5. The van der Waals surface area contributed by atoms with E-state index in [0.717, 1.165) is 11.6 Å². The maximum atomic E-state index is 12.6. The van der Waals surface area contributed by atoms with Gasteiger partial charge in [-0.2, -0.15) is 15.3 Å². The normalized spacial score (nSPS) is 16.1. The number of nitrogens with one attached hydrogen (secondary N) is 1. The fraction of sp³-hybridized carbons (Fsp3) is 0.333. The van der Waals surface area contributed by atoms with Crippen molar-refractivity contribution >= 4 is 11.9 Å². The second-order valence-electron chi connectivity index (χ2n) is 5.98. The lowest BCUT2D eigenvalue weighted by atomic mass is 10.0. The van der Waals surface area contributed by atoms with Gasteiger partial charge in [0, 0.05) is 12.7 Å². The molecule has 2 heterocycles. The Hall–Kier alpha value is -3.34. The number of carbonyl (C=O) groups is 1. The summed E-state index contributed by atoms with van der Waals surface area (Å²) in [4.78, 5) is 18.7. The van der Waals surface area contributed by atoms with E-state index in [1.165, 1.54) is 6.33 Å². The Balaban J connectivity index is 1.57. The van der Waals surface area contributed by atoms with Crippen molar-refractivity contribution in [3.63, 3.8) is 0 Å². The highest BCUT2D eigenvalue weighted by Crippen LogP contribution is 2.32. The number of aromatic nitrogens is 3. The summed E-state index contributed by atoms with van der Waals surface area (Å²) in [7, 11) is 1.86. The van der Waals surface area contributed by atoms with Crippen LogP contribution in [0.25, 0.3) is 0 Å². The first-order valence-corrected chi connectivity index (χ1v) is 8.28. The summed E-state index contributed by atoms with van der Waals surface area (Å²) in [6.07, 6.45) is 1.49. The minimum absolute atomic E-state index is 0.147. The van der Waals surface area contributed by atoms with Crippen molar-refractivity contribution in [2.75, 3.05) is 25.1 Å². The SMILES string of the molecule is CC1=C(C(=O)NCCOc2ccc(C#N)cc2)C(C)n2ncnc2N1C. The zero-order chi connectivity index (χ0) is 18.7. The van der Waals surface area contributed by atoms with Crippen molar-refractivity contribution < 1.29 is 9.53 Å². The average molecular weight is 352 g/mol. The molecule has 0 fully saturated rings. The Bertz CT molecular complexity index is 878. The van der Waals surface area contributed by atoms with Gasteiger partial charge in [-0.1, -0.05) is 0 Å². The van der Waals surface area contributed by atoms with Crippen LogP contribution in [0.3, 0.4) is 0 Å². The van der Waals surface area contributed by atoms with Crippen LogP contribution in [0.2, 0.25) is 0 Å². The van der Waals surface area contributed by atoms with Crippen molar-refractivity contribution in [3.8, 4) is 11.8 Å². The highest BCUT2D eigenvalue weighted by atomic mass is 16.5. The minimum atomic E-state index is -0.192. The molecule has 1 aliphatic heterocycles. The molecule has 0 bridgehead atoms. The van der Waals surface area contributed by atoms with E-state index in [9.17, 15) is 4.79 Å². The molecule has 1 aliphatic rings. The molecule has 0 saturated heterocycles. The zero-order valence-electron chi connectivity index (χ0n) is 14.9. The van der Waals surface area contributed by atoms with Gasteiger partial charge in [0.15, 0.2) is 0 Å². The number of allylic oxidation sites excluding steroid dienone is 1. The Kier molecular flexibility index (Phi) is 4.89. The van der Waals surface area contributed by atoms with Crippen LogP contribution in [0, 0.1) is 11.3 Å². The third-order valence-electron chi connectivity index (χ3n) is 4.42. The van der Waals surface area contributed by atoms with E-state index in [1.807, 2.05) is 25.8 Å². The second kappa shape index (κ2) is 7.27. The van der Waals surface area contributed by atoms with Crippen LogP contribution >= 0.6 is 0 Å². The Morgan fingerprint density at radius 2 is 2.12 bits per heavy atom. The Morgan fingerprint density at radius 1 is 1.38 bits per heavy atom. The fourth-order valence-corrected chi connectivity index (χ4v) is 2.92. The predicted molar refractivity (Wildman–Crippen MR) is 95.5 cm³/mol. The van der Waals surface area contributed by atoms with E-state index < -0.39 is 0 Å². The van der Waals surface area contributed by atoms with Gasteiger partial charge in [0.1, 0.15) is 18.7 Å². The van der Waals surface area contributed by atoms with E-state index in [4.69, 9.17) is 10.00 Å². The lowest BCUT2D eigenvalue weighted by Gasteiger charge is -2.31. The van der Waals surface area contributed by atoms with Gasteiger partial charge in [-0.3, -0.25) is 4.79 Å². The van der Waals surface area contributed by atoms with Crippen molar-refractivity contribution in [3.05, 3.63) is 47.4 Å². The quantitative estimate of drug-likeness (QED) is 0.822. The molecular formula is C18H20N6O2. The molecular weight excluding hydrogens is 332 g/mol. The summed E-state index contributed by atoms with van der Waals surface area (Å²) in [5.41, 5.74) is 2.09. The first-order chi connectivity index (χ1) is 12.5. The van der Waals surface area contributed by atoms with Crippen LogP contribution in [-0.2, 0) is 4.79 Å². The molecule has 0 saturated carbocycles. The number of amides is 1. The Morgan fingerprint density at radius 3 is 2.81 bits per heavy atom. The van der Waals surface area contributed by atoms with Crippen molar-refractivity contribution in [1.82, 2.24) is 20.1 Å². The molecule has 1 amide bonds. The molecule has 1 N–H and O–H groups in total. The van der Waals surface area contributed by atoms with E-state index >= 15 is 0 Å². The van der Waals surface area contributed by atoms with Crippen LogP contribution in [0.1, 0.15) is 25.5 Å². The Labute approximate surface area is 151 Å². The number of rotatable bonds is 5. The maximum absolute atomic E-state index is 12.6. The summed E-state index contributed by atoms with van der Waals surface area (Å²) in [6.45, 7) is 4.53. The first-order valence-electron chi connectivity index (χ1n) is 8.28. The van der Waals surface area contributed by atoms with Crippen LogP contribution < -0.4 is 15.0 Å². The highest BCUT2D eigenvalue weighted by Gasteiger charge is 2.31. The molecule has 1 aromatic heterocycles. The molecule has 1 unspecified atom stereocenters. The number of nitriles is 1. The van der Waals surface area contributed by atoms with Crippen molar-refractivity contribution in [2.45, 2.75) is 19.9 Å². The summed E-state index contributed by atoms with van der Waals surface area (Å²) in [5, 5.41) is 15.9. The van der Waals surface area contributed by atoms with E-state index in [2.05, 4.69) is 21.5 Å². The lowest BCUT2D eigenvalue weighted by Crippen LogP contribution is -2.38. The summed E-state index contributed by atoms with van der Waals surface area (Å²) in [6, 6.07) is 8.72. The molecule has 1 atom stereocenters. The van der Waals surface area contributed by atoms with E-state index in [-0.39, 0.29) is 11.9 Å². The van der Waals surface area contributed by atoms with Crippen LogP contribution in [0.15, 0.2) is 41.9 Å². The number of anilines is 1. The molecule has 134 valence electrons. The standard InChI is InChI=1S/C18H20N6O2/c1-12-16(13(2)24-18(23(12)3)21-11-22-24)17(25)20-8-9-26-15-6-4-14(10-19)5-7-15/h4-7,11,13H,8-9H2,1-3H3,(H,20,25). The highest BCUT2D eigenvalue weighted by molar-refractivity contribution is 5.96. The number of fused-ring (bicyclic) bond motifs is 1. The van der Waals surface area contributed by atoms with Gasteiger partial charge in [-0.25, -0.2) is 4.68 Å². The van der Waals surface area contributed by atoms with Crippen LogP contribution in [0.5, 0.6) is 5.75 Å². The molecule has 0 radical (unpaired) electrons. The number of benzene rings is 1. The van der Waals surface area contributed by atoms with Gasteiger partial charge in [-0.15, -0.1) is 0 Å². The van der Waals surface area contributed by atoms with Gasteiger partial charge in [0.2, 0.25) is 5.95 Å². The smallest absolute Gasteiger partial charge is 0.251 e. The molecule has 0 aliphatic carbocycles. The van der Waals surface area contributed by atoms with Crippen LogP contribution in [-0.4, -0.2) is 40.9 Å². The number of hydrogen-bond acceptors (Lipinski definition) is 6. The van der Waals surface area contributed by atoms with Gasteiger partial charge < -0.3 is 15.0 Å². The summed E-state index contributed by atoms with van der Waals surface area (Å²) in [5.74, 6) is 1.23. The third kappa shape index (κ3) is 3.24. The number of hydrogen-bond donors (Lipinski definition) is 1. The van der Waals surface area contributed by atoms with Gasteiger partial charge in [0.05, 0.1) is 29.8 Å². The molecule has 26 heavy (non-hydrogen) atoms. The zero-order valence-corrected chi connectivity index (χ0v) is 14.9. The molecule has 2 aromatic rings. The summed E-state index contributed by atoms with van der Waals surface area (Å²) >= 11 is 0. The monoisotopic (exact) mass is 352 g/mol. The molecule has 8 heteroatoms. The topological polar surface area (TPSA) is 96.1 Å². The second-order valence-corrected chi connectivity index (χ2v) is 5.98. The minimum Gasteiger partial charge on any atom is -0.492 e. The van der Waals surface area contributed by atoms with Gasteiger partial charge >= 0.3 is 0 Å². The molecule has 3 rings (SSSR count). The molecule has 1 aromatic carbocycles. The average Bonchev–Trinajstić information content (AvgIpc) is 3.14. The molecule has 0 spiro atoms. The predicted octanol–water partition coefficient (Wildman–Crippen LogP) is 1.63. The van der Waals surface area contributed by atoms with Crippen LogP contribution in [0.4, 0.5) is 5.95 Å². The fourth-order valence-electron chi connectivity index (χ4n) is 2.92. The van der Waals surface area contributed by atoms with E-state index in [1.54, 1.807) is 28.9 Å². The number of carbonyl (C=O) groups excluding carboxylic acids is 1. The molecule has 8 nitrogen and oxygen atoms in total.